The molecule has 2 amide bonds. The molecule has 1 unspecified atom stereocenters. The van der Waals surface area contributed by atoms with Gasteiger partial charge in [0.05, 0.1) is 21.7 Å². The number of benzene rings is 1. The minimum Gasteiger partial charge on any atom is -0.484 e. The van der Waals surface area contributed by atoms with Gasteiger partial charge >= 0.3 is 0 Å². The highest BCUT2D eigenvalue weighted by Crippen LogP contribution is 2.47. The maximum Gasteiger partial charge on any atom is 0.282 e. The van der Waals surface area contributed by atoms with Crippen LogP contribution in [0, 0.1) is 0 Å². The van der Waals surface area contributed by atoms with Crippen LogP contribution >= 0.6 is 23.2 Å². The minimum absolute atomic E-state index is 0.0225. The third-order valence-corrected chi connectivity index (χ3v) is 7.44. The van der Waals surface area contributed by atoms with E-state index in [0.29, 0.717) is 41.5 Å². The second-order valence-corrected chi connectivity index (χ2v) is 9.72. The molecule has 34 heavy (non-hydrogen) atoms. The van der Waals surface area contributed by atoms with Gasteiger partial charge in [0, 0.05) is 18.7 Å². The van der Waals surface area contributed by atoms with E-state index >= 15 is 0 Å². The second-order valence-electron chi connectivity index (χ2n) is 8.90. The Hall–Kier alpha value is -2.43. The molecule has 3 saturated carbocycles. The molecule has 5 rings (SSSR count). The smallest absolute Gasteiger partial charge is 0.282 e. The first kappa shape index (κ1) is 24.7. The highest BCUT2D eigenvalue weighted by atomic mass is 35.5. The third kappa shape index (κ3) is 4.85. The Balaban J connectivity index is 1.36. The number of carbonyl (C=O) groups excluding carboxylic acids is 2. The van der Waals surface area contributed by atoms with Crippen molar-refractivity contribution in [3.63, 3.8) is 0 Å². The Kier molecular flexibility index (Phi) is 6.76. The van der Waals surface area contributed by atoms with Gasteiger partial charge in [-0.2, -0.15) is 5.10 Å². The van der Waals surface area contributed by atoms with Crippen LogP contribution in [0.3, 0.4) is 0 Å². The van der Waals surface area contributed by atoms with Gasteiger partial charge in [0.15, 0.2) is 6.61 Å². The summed E-state index contributed by atoms with van der Waals surface area (Å²) in [5.41, 5.74) is -1.95. The van der Waals surface area contributed by atoms with Gasteiger partial charge in [0.1, 0.15) is 17.1 Å². The molecule has 2 bridgehead atoms. The average molecular weight is 517 g/mol. The van der Waals surface area contributed by atoms with E-state index in [9.17, 15) is 23.5 Å². The van der Waals surface area contributed by atoms with Crippen LogP contribution in [-0.4, -0.2) is 50.5 Å². The summed E-state index contributed by atoms with van der Waals surface area (Å²) in [7, 11) is 1.43. The highest BCUT2D eigenvalue weighted by Gasteiger charge is 2.55. The largest absolute Gasteiger partial charge is 0.484 e. The first-order chi connectivity index (χ1) is 16.0. The lowest BCUT2D eigenvalue weighted by molar-refractivity contribution is -0.132. The van der Waals surface area contributed by atoms with Crippen molar-refractivity contribution < 1.29 is 28.2 Å². The number of amides is 2. The lowest BCUT2D eigenvalue weighted by atomic mass is 9.60. The molecular formula is C22H24Cl2F2N4O4. The molecule has 1 heterocycles. The number of aliphatic hydroxyl groups is 1. The summed E-state index contributed by atoms with van der Waals surface area (Å²) in [5, 5.41) is 21.1. The summed E-state index contributed by atoms with van der Waals surface area (Å²) < 4.78 is 32.4. The maximum atomic E-state index is 12.9. The van der Waals surface area contributed by atoms with E-state index in [2.05, 4.69) is 15.7 Å². The molecule has 0 saturated heterocycles. The van der Waals surface area contributed by atoms with Gasteiger partial charge in [0.25, 0.3) is 18.2 Å². The molecule has 0 aliphatic heterocycles. The zero-order valence-electron chi connectivity index (χ0n) is 18.3. The number of halogens is 4. The molecule has 3 N–H and O–H groups in total. The number of hydrogen-bond donors (Lipinski definition) is 3. The summed E-state index contributed by atoms with van der Waals surface area (Å²) in [6, 6.07) is 5.74. The summed E-state index contributed by atoms with van der Waals surface area (Å²) >= 11 is 11.8. The number of ether oxygens (including phenoxy) is 1. The normalized spacial score (nSPS) is 25.9. The number of hydrogen-bond acceptors (Lipinski definition) is 5. The van der Waals surface area contributed by atoms with Crippen LogP contribution in [0.5, 0.6) is 5.75 Å². The number of aromatic nitrogens is 2. The van der Waals surface area contributed by atoms with Crippen LogP contribution in [0.4, 0.5) is 8.78 Å². The fourth-order valence-electron chi connectivity index (χ4n) is 4.80. The van der Waals surface area contributed by atoms with E-state index in [1.165, 1.54) is 13.1 Å². The van der Waals surface area contributed by atoms with Gasteiger partial charge in [0.2, 0.25) is 0 Å². The molecule has 184 valence electrons. The van der Waals surface area contributed by atoms with Crippen LogP contribution in [0.25, 0.3) is 0 Å². The van der Waals surface area contributed by atoms with E-state index in [1.807, 2.05) is 0 Å². The number of aliphatic hydroxyl groups excluding tert-OH is 1. The third-order valence-electron chi connectivity index (χ3n) is 6.70. The van der Waals surface area contributed by atoms with Gasteiger partial charge < -0.3 is 20.5 Å². The Labute approximate surface area is 204 Å². The summed E-state index contributed by atoms with van der Waals surface area (Å²) in [6.45, 7) is -0.263. The number of rotatable bonds is 7. The van der Waals surface area contributed by atoms with E-state index in [4.69, 9.17) is 27.9 Å². The van der Waals surface area contributed by atoms with Crippen LogP contribution in [0.2, 0.25) is 10.0 Å². The highest BCUT2D eigenvalue weighted by molar-refractivity contribution is 6.42. The standard InChI is InChI=1S/C22H24Cl2F2N4O4/c1-30-16(9-15(29-30)19(25)26)20(33)28-21-4-6-22(7-5-21,17(31)10-21)27-18(32)11-34-12-2-3-13(23)14(24)8-12/h2-3,8-9,17,19,31H,4-7,10-11H2,1H3,(H,27,32)(H,28,33). The molecule has 1 atom stereocenters. The van der Waals surface area contributed by atoms with Crippen molar-refractivity contribution in [2.45, 2.75) is 55.7 Å². The number of fused-ring (bicyclic) bond motifs is 3. The predicted octanol–water partition coefficient (Wildman–Crippen LogP) is 3.41. The monoisotopic (exact) mass is 516 g/mol. The Morgan fingerprint density at radius 1 is 1.21 bits per heavy atom. The number of carbonyl (C=O) groups is 2. The van der Waals surface area contributed by atoms with Crippen molar-refractivity contribution in [2.24, 2.45) is 7.05 Å². The van der Waals surface area contributed by atoms with Gasteiger partial charge in [-0.25, -0.2) is 8.78 Å². The number of nitrogens with zero attached hydrogens (tertiary/aromatic N) is 2. The van der Waals surface area contributed by atoms with Gasteiger partial charge in [-0.15, -0.1) is 0 Å². The van der Waals surface area contributed by atoms with Gasteiger partial charge in [-0.1, -0.05) is 23.2 Å². The number of aryl methyl sites for hydroxylation is 1. The fourth-order valence-corrected chi connectivity index (χ4v) is 5.09. The lowest BCUT2D eigenvalue weighted by Gasteiger charge is -2.56. The van der Waals surface area contributed by atoms with E-state index < -0.39 is 41.1 Å². The molecule has 12 heteroatoms. The van der Waals surface area contributed by atoms with Crippen LogP contribution in [0.15, 0.2) is 24.3 Å². The molecule has 3 fully saturated rings. The first-order valence-electron chi connectivity index (χ1n) is 10.7. The molecular weight excluding hydrogens is 493 g/mol. The Bertz CT molecular complexity index is 1100. The summed E-state index contributed by atoms with van der Waals surface area (Å²) in [6.07, 6.45) is -1.52. The molecule has 1 aromatic carbocycles. The number of alkyl halides is 2. The van der Waals surface area contributed by atoms with Gasteiger partial charge in [-0.3, -0.25) is 14.3 Å². The van der Waals surface area contributed by atoms with Crippen LogP contribution in [-0.2, 0) is 11.8 Å². The molecule has 8 nitrogen and oxygen atoms in total. The SMILES string of the molecule is Cn1nc(C(F)F)cc1C(=O)NC12CCC(NC(=O)COc3ccc(Cl)c(Cl)c3)(CC1)C(O)C2. The van der Waals surface area contributed by atoms with Crippen LogP contribution < -0.4 is 15.4 Å². The quantitative estimate of drug-likeness (QED) is 0.522. The fraction of sp³-hybridized carbons (Fsp3) is 0.500. The zero-order valence-corrected chi connectivity index (χ0v) is 19.8. The van der Waals surface area contributed by atoms with Gasteiger partial charge in [-0.05, 0) is 50.3 Å². The maximum absolute atomic E-state index is 12.9. The van der Waals surface area contributed by atoms with E-state index in [-0.39, 0.29) is 18.7 Å². The summed E-state index contributed by atoms with van der Waals surface area (Å²) in [5.74, 6) is -0.526. The van der Waals surface area contributed by atoms with E-state index in [1.54, 1.807) is 12.1 Å². The van der Waals surface area contributed by atoms with Crippen molar-refractivity contribution in [1.82, 2.24) is 20.4 Å². The van der Waals surface area contributed by atoms with Crippen molar-refractivity contribution in [2.75, 3.05) is 6.61 Å². The average Bonchev–Trinajstić information content (AvgIpc) is 3.18. The molecule has 0 spiro atoms. The second kappa shape index (κ2) is 9.31. The van der Waals surface area contributed by atoms with Crippen molar-refractivity contribution in [3.05, 3.63) is 45.7 Å². The molecule has 3 aliphatic carbocycles. The van der Waals surface area contributed by atoms with Crippen molar-refractivity contribution in [1.29, 1.82) is 0 Å². The predicted molar refractivity (Wildman–Crippen MR) is 120 cm³/mol. The molecule has 1 aromatic heterocycles. The van der Waals surface area contributed by atoms with E-state index in [0.717, 1.165) is 10.7 Å². The topological polar surface area (TPSA) is 105 Å². The lowest BCUT2D eigenvalue weighted by Crippen LogP contribution is -2.70. The first-order valence-corrected chi connectivity index (χ1v) is 11.5. The minimum atomic E-state index is -2.78. The molecule has 3 aliphatic rings. The Morgan fingerprint density at radius 2 is 1.91 bits per heavy atom. The Morgan fingerprint density at radius 3 is 2.50 bits per heavy atom. The van der Waals surface area contributed by atoms with Crippen LogP contribution in [0.1, 0.15) is 54.7 Å². The molecule has 2 aromatic rings. The van der Waals surface area contributed by atoms with Crippen molar-refractivity contribution in [3.8, 4) is 5.75 Å². The molecule has 0 radical (unpaired) electrons. The summed E-state index contributed by atoms with van der Waals surface area (Å²) in [4.78, 5) is 25.3. The van der Waals surface area contributed by atoms with Crippen molar-refractivity contribution >= 4 is 35.0 Å². The number of nitrogens with one attached hydrogen (secondary N) is 2. The zero-order chi connectivity index (χ0) is 24.7.